The summed E-state index contributed by atoms with van der Waals surface area (Å²) in [7, 11) is 0. The Labute approximate surface area is 121 Å². The summed E-state index contributed by atoms with van der Waals surface area (Å²) < 4.78 is 37.6. The summed E-state index contributed by atoms with van der Waals surface area (Å²) in [5.74, 6) is 0.507. The number of hydrogen-bond donors (Lipinski definition) is 1. The molecule has 0 unspecified atom stereocenters. The van der Waals surface area contributed by atoms with Crippen LogP contribution in [0.4, 0.5) is 24.7 Å². The van der Waals surface area contributed by atoms with Gasteiger partial charge in [0.2, 0.25) is 0 Å². The van der Waals surface area contributed by atoms with E-state index in [0.717, 1.165) is 17.8 Å². The third-order valence-corrected chi connectivity index (χ3v) is 3.11. The summed E-state index contributed by atoms with van der Waals surface area (Å²) in [4.78, 5) is 5.79. The van der Waals surface area contributed by atoms with E-state index in [9.17, 15) is 13.2 Å². The first-order chi connectivity index (χ1) is 9.90. The van der Waals surface area contributed by atoms with Crippen molar-refractivity contribution in [2.24, 2.45) is 0 Å². The topological polar surface area (TPSA) is 42.1 Å². The number of rotatable bonds is 4. The lowest BCUT2D eigenvalue weighted by Gasteiger charge is -2.22. The van der Waals surface area contributed by atoms with Crippen molar-refractivity contribution in [2.75, 3.05) is 17.2 Å². The fourth-order valence-electron chi connectivity index (χ4n) is 2.01. The molecule has 0 saturated heterocycles. The summed E-state index contributed by atoms with van der Waals surface area (Å²) >= 11 is 0. The van der Waals surface area contributed by atoms with Gasteiger partial charge in [-0.25, -0.2) is 4.98 Å². The average molecular weight is 295 g/mol. The molecule has 3 nitrogen and oxygen atoms in total. The van der Waals surface area contributed by atoms with Crippen LogP contribution >= 0.6 is 0 Å². The van der Waals surface area contributed by atoms with Gasteiger partial charge >= 0.3 is 6.18 Å². The average Bonchev–Trinajstić information content (AvgIpc) is 2.44. The van der Waals surface area contributed by atoms with Gasteiger partial charge in [-0.15, -0.1) is 0 Å². The Balaban J connectivity index is 2.18. The molecule has 0 atom stereocenters. The van der Waals surface area contributed by atoms with Gasteiger partial charge in [-0.05, 0) is 36.8 Å². The van der Waals surface area contributed by atoms with Crippen molar-refractivity contribution < 1.29 is 13.2 Å². The zero-order valence-corrected chi connectivity index (χ0v) is 11.6. The Bertz CT molecular complexity index is 594. The smallest absolute Gasteiger partial charge is 0.399 e. The maximum Gasteiger partial charge on any atom is 0.417 e. The molecule has 0 aliphatic heterocycles. The van der Waals surface area contributed by atoms with E-state index in [0.29, 0.717) is 24.6 Å². The van der Waals surface area contributed by atoms with Gasteiger partial charge in [-0.2, -0.15) is 13.2 Å². The second-order valence-corrected chi connectivity index (χ2v) is 4.66. The Hall–Kier alpha value is -2.24. The number of alkyl halides is 3. The molecule has 0 spiro atoms. The van der Waals surface area contributed by atoms with E-state index < -0.39 is 11.7 Å². The van der Waals surface area contributed by atoms with E-state index in [-0.39, 0.29) is 0 Å². The zero-order valence-electron chi connectivity index (χ0n) is 11.6. The predicted octanol–water partition coefficient (Wildman–Crippen LogP) is 3.71. The van der Waals surface area contributed by atoms with Gasteiger partial charge in [0.25, 0.3) is 0 Å². The lowest BCUT2D eigenvalue weighted by molar-refractivity contribution is -0.137. The minimum absolute atomic E-state index is 0.507. The molecule has 0 amide bonds. The zero-order chi connectivity index (χ0) is 15.5. The summed E-state index contributed by atoms with van der Waals surface area (Å²) in [6, 6.07) is 9.83. The number of benzene rings is 1. The second-order valence-electron chi connectivity index (χ2n) is 4.66. The van der Waals surface area contributed by atoms with Gasteiger partial charge in [0.15, 0.2) is 0 Å². The summed E-state index contributed by atoms with van der Waals surface area (Å²) in [5, 5.41) is 0. The summed E-state index contributed by atoms with van der Waals surface area (Å²) in [6.45, 7) is 3.10. The molecular weight excluding hydrogens is 279 g/mol. The van der Waals surface area contributed by atoms with E-state index in [1.54, 1.807) is 6.07 Å². The Kier molecular flexibility index (Phi) is 4.35. The Morgan fingerprint density at radius 2 is 1.95 bits per heavy atom. The van der Waals surface area contributed by atoms with Crippen molar-refractivity contribution in [3.8, 4) is 0 Å². The van der Waals surface area contributed by atoms with E-state index in [2.05, 4.69) is 4.98 Å². The second kappa shape index (κ2) is 6.03. The quantitative estimate of drug-likeness (QED) is 0.874. The standard InChI is InChI=1S/C15H16F3N3/c1-2-21(10-11-4-3-5-13(19)8-11)14-7-6-12(9-20-14)15(16,17)18/h3-9H,2,10,19H2,1H3. The molecule has 0 aliphatic carbocycles. The number of halogens is 3. The lowest BCUT2D eigenvalue weighted by atomic mass is 10.2. The number of nitrogens with two attached hydrogens (primary N) is 1. The maximum absolute atomic E-state index is 12.5. The van der Waals surface area contributed by atoms with Crippen molar-refractivity contribution in [3.63, 3.8) is 0 Å². The Morgan fingerprint density at radius 3 is 2.48 bits per heavy atom. The van der Waals surface area contributed by atoms with Gasteiger partial charge in [0.05, 0.1) is 5.56 Å². The first kappa shape index (κ1) is 15.2. The monoisotopic (exact) mass is 295 g/mol. The molecule has 1 heterocycles. The van der Waals surface area contributed by atoms with Crippen LogP contribution < -0.4 is 10.6 Å². The molecule has 0 aliphatic rings. The molecular formula is C15H16F3N3. The molecule has 1 aromatic carbocycles. The van der Waals surface area contributed by atoms with E-state index >= 15 is 0 Å². The van der Waals surface area contributed by atoms with Crippen LogP contribution in [0.25, 0.3) is 0 Å². The molecule has 0 radical (unpaired) electrons. The Morgan fingerprint density at radius 1 is 1.19 bits per heavy atom. The summed E-state index contributed by atoms with van der Waals surface area (Å²) in [5.41, 5.74) is 6.62. The number of hydrogen-bond acceptors (Lipinski definition) is 3. The third kappa shape index (κ3) is 3.87. The molecule has 21 heavy (non-hydrogen) atoms. The molecule has 1 aromatic heterocycles. The highest BCUT2D eigenvalue weighted by Crippen LogP contribution is 2.29. The van der Waals surface area contributed by atoms with Gasteiger partial charge in [0, 0.05) is 25.0 Å². The number of anilines is 2. The molecule has 2 aromatic rings. The van der Waals surface area contributed by atoms with Crippen molar-refractivity contribution in [3.05, 3.63) is 53.7 Å². The van der Waals surface area contributed by atoms with Gasteiger partial charge in [-0.1, -0.05) is 12.1 Å². The van der Waals surface area contributed by atoms with Crippen LogP contribution in [0.3, 0.4) is 0 Å². The summed E-state index contributed by atoms with van der Waals surface area (Å²) in [6.07, 6.45) is -3.51. The van der Waals surface area contributed by atoms with Crippen molar-refractivity contribution in [1.29, 1.82) is 0 Å². The SMILES string of the molecule is CCN(Cc1cccc(N)c1)c1ccc(C(F)(F)F)cn1. The minimum Gasteiger partial charge on any atom is -0.399 e. The fourth-order valence-corrected chi connectivity index (χ4v) is 2.01. The maximum atomic E-state index is 12.5. The predicted molar refractivity (Wildman–Crippen MR) is 76.8 cm³/mol. The van der Waals surface area contributed by atoms with Crippen LogP contribution in [0.2, 0.25) is 0 Å². The van der Waals surface area contributed by atoms with Crippen molar-refractivity contribution in [2.45, 2.75) is 19.6 Å². The number of nitrogen functional groups attached to an aromatic ring is 1. The van der Waals surface area contributed by atoms with E-state index in [1.807, 2.05) is 30.0 Å². The molecule has 2 N–H and O–H groups in total. The molecule has 112 valence electrons. The van der Waals surface area contributed by atoms with Crippen LogP contribution in [0.5, 0.6) is 0 Å². The fraction of sp³-hybridized carbons (Fsp3) is 0.267. The van der Waals surface area contributed by atoms with Crippen LogP contribution in [-0.2, 0) is 12.7 Å². The van der Waals surface area contributed by atoms with Crippen molar-refractivity contribution in [1.82, 2.24) is 4.98 Å². The number of pyridine rings is 1. The van der Waals surface area contributed by atoms with E-state index in [4.69, 9.17) is 5.73 Å². The highest BCUT2D eigenvalue weighted by atomic mass is 19.4. The largest absolute Gasteiger partial charge is 0.417 e. The van der Waals surface area contributed by atoms with Crippen LogP contribution in [-0.4, -0.2) is 11.5 Å². The van der Waals surface area contributed by atoms with E-state index in [1.165, 1.54) is 6.07 Å². The normalized spacial score (nSPS) is 11.4. The molecule has 0 bridgehead atoms. The molecule has 0 saturated carbocycles. The third-order valence-electron chi connectivity index (χ3n) is 3.11. The van der Waals surface area contributed by atoms with Crippen LogP contribution in [0, 0.1) is 0 Å². The highest BCUT2D eigenvalue weighted by molar-refractivity contribution is 5.44. The number of aromatic nitrogens is 1. The van der Waals surface area contributed by atoms with Crippen LogP contribution in [0.1, 0.15) is 18.1 Å². The molecule has 2 rings (SSSR count). The van der Waals surface area contributed by atoms with Gasteiger partial charge < -0.3 is 10.6 Å². The molecule has 6 heteroatoms. The van der Waals surface area contributed by atoms with Crippen LogP contribution in [0.15, 0.2) is 42.6 Å². The highest BCUT2D eigenvalue weighted by Gasteiger charge is 2.30. The molecule has 0 fully saturated rings. The van der Waals surface area contributed by atoms with Gasteiger partial charge in [-0.3, -0.25) is 0 Å². The first-order valence-corrected chi connectivity index (χ1v) is 6.52. The lowest BCUT2D eigenvalue weighted by Crippen LogP contribution is -2.23. The van der Waals surface area contributed by atoms with Crippen molar-refractivity contribution >= 4 is 11.5 Å². The number of nitrogens with zero attached hydrogens (tertiary/aromatic N) is 2. The minimum atomic E-state index is -4.36. The first-order valence-electron chi connectivity index (χ1n) is 6.52. The van der Waals surface area contributed by atoms with Gasteiger partial charge in [0.1, 0.15) is 5.82 Å².